The molecule has 106 valence electrons. The summed E-state index contributed by atoms with van der Waals surface area (Å²) in [5.41, 5.74) is 4.39. The summed E-state index contributed by atoms with van der Waals surface area (Å²) in [6.07, 6.45) is 3.44. The first kappa shape index (κ1) is 27.1. The third kappa shape index (κ3) is 8.77. The van der Waals surface area contributed by atoms with Crippen molar-refractivity contribution in [1.82, 2.24) is 0 Å². The summed E-state index contributed by atoms with van der Waals surface area (Å²) in [5.74, 6) is 0. The number of allylic oxidation sites excluding steroid dienone is 4. The summed E-state index contributed by atoms with van der Waals surface area (Å²) in [6.45, 7) is 16.9. The molecule has 0 aliphatic heterocycles. The fourth-order valence-corrected chi connectivity index (χ4v) is 1.63. The maximum atomic E-state index is 3.97. The average Bonchev–Trinajstić information content (AvgIpc) is 2.32. The second kappa shape index (κ2) is 12.8. The molecule has 0 saturated carbocycles. The van der Waals surface area contributed by atoms with Crippen LogP contribution in [0.2, 0.25) is 0 Å². The first-order chi connectivity index (χ1) is 6.86. The van der Waals surface area contributed by atoms with E-state index in [1.54, 1.807) is 0 Å². The van der Waals surface area contributed by atoms with Gasteiger partial charge in [-0.1, -0.05) is 47.0 Å². The predicted octanol–water partition coefficient (Wildman–Crippen LogP) is 5.35. The summed E-state index contributed by atoms with van der Waals surface area (Å²) >= 11 is 0. The third-order valence-corrected chi connectivity index (χ3v) is 3.01. The van der Waals surface area contributed by atoms with Gasteiger partial charge in [-0.05, 0) is 0 Å². The SMILES string of the molecule is CC1=[C-]C(C)(C)C(C)=C1C.CC[N-]CC.Cl.Cl.[Ti+2]. The number of hydrogen-bond acceptors (Lipinski definition) is 0. The number of nitrogens with zero attached hydrogens (tertiary/aromatic N) is 1. The van der Waals surface area contributed by atoms with Crippen molar-refractivity contribution in [1.29, 1.82) is 0 Å². The zero-order valence-corrected chi connectivity index (χ0v) is 15.9. The van der Waals surface area contributed by atoms with Crippen LogP contribution in [0.5, 0.6) is 0 Å². The van der Waals surface area contributed by atoms with Gasteiger partial charge in [-0.3, -0.25) is 6.08 Å². The van der Waals surface area contributed by atoms with Crippen LogP contribution in [0.15, 0.2) is 16.7 Å². The largest absolute Gasteiger partial charge is 2.00 e. The molecule has 0 unspecified atom stereocenters. The van der Waals surface area contributed by atoms with Gasteiger partial charge in [-0.25, -0.2) is 5.57 Å². The maximum Gasteiger partial charge on any atom is 2.00 e. The fourth-order valence-electron chi connectivity index (χ4n) is 1.63. The minimum absolute atomic E-state index is 0. The van der Waals surface area contributed by atoms with E-state index in [4.69, 9.17) is 0 Å². The van der Waals surface area contributed by atoms with Gasteiger partial charge in [0.2, 0.25) is 0 Å². The van der Waals surface area contributed by atoms with Crippen LogP contribution in [0, 0.1) is 11.5 Å². The van der Waals surface area contributed by atoms with E-state index >= 15 is 0 Å². The molecule has 0 aromatic heterocycles. The molecule has 0 bridgehead atoms. The van der Waals surface area contributed by atoms with E-state index in [2.05, 4.69) is 46.0 Å². The van der Waals surface area contributed by atoms with Gasteiger partial charge in [-0.15, -0.1) is 31.7 Å². The van der Waals surface area contributed by atoms with Gasteiger partial charge >= 0.3 is 21.7 Å². The molecule has 0 saturated heterocycles. The van der Waals surface area contributed by atoms with E-state index in [-0.39, 0.29) is 51.9 Å². The van der Waals surface area contributed by atoms with E-state index in [1.165, 1.54) is 16.7 Å². The number of hydrogen-bond donors (Lipinski definition) is 0. The Kier molecular flexibility index (Phi) is 19.2. The topological polar surface area (TPSA) is 14.1 Å². The van der Waals surface area contributed by atoms with Crippen LogP contribution in [0.3, 0.4) is 0 Å². The summed E-state index contributed by atoms with van der Waals surface area (Å²) in [7, 11) is 0. The molecule has 1 aliphatic carbocycles. The molecule has 18 heavy (non-hydrogen) atoms. The second-order valence-corrected chi connectivity index (χ2v) is 4.48. The molecule has 0 aromatic carbocycles. The Morgan fingerprint density at radius 2 is 1.39 bits per heavy atom. The predicted molar refractivity (Wildman–Crippen MR) is 83.5 cm³/mol. The van der Waals surface area contributed by atoms with Crippen LogP contribution >= 0.6 is 24.8 Å². The van der Waals surface area contributed by atoms with Crippen LogP contribution in [0.4, 0.5) is 0 Å². The van der Waals surface area contributed by atoms with Gasteiger partial charge in [0, 0.05) is 0 Å². The molecule has 1 rings (SSSR count). The summed E-state index contributed by atoms with van der Waals surface area (Å²) in [4.78, 5) is 0. The van der Waals surface area contributed by atoms with Crippen LogP contribution in [-0.4, -0.2) is 13.1 Å². The van der Waals surface area contributed by atoms with E-state index < -0.39 is 0 Å². The van der Waals surface area contributed by atoms with E-state index in [0.717, 1.165) is 13.1 Å². The van der Waals surface area contributed by atoms with E-state index in [9.17, 15) is 0 Å². The monoisotopic (exact) mass is 327 g/mol. The molecule has 0 N–H and O–H groups in total. The van der Waals surface area contributed by atoms with Gasteiger partial charge in [0.05, 0.1) is 0 Å². The van der Waals surface area contributed by atoms with Crippen molar-refractivity contribution in [3.8, 4) is 0 Å². The second-order valence-electron chi connectivity index (χ2n) is 4.48. The van der Waals surface area contributed by atoms with Crippen LogP contribution in [-0.2, 0) is 21.7 Å². The molecule has 4 heteroatoms. The van der Waals surface area contributed by atoms with Crippen molar-refractivity contribution in [2.75, 3.05) is 13.1 Å². The molecule has 0 heterocycles. The first-order valence-electron chi connectivity index (χ1n) is 5.80. The van der Waals surface area contributed by atoms with Crippen molar-refractivity contribution < 1.29 is 21.7 Å². The quantitative estimate of drug-likeness (QED) is 0.479. The molecule has 0 fully saturated rings. The van der Waals surface area contributed by atoms with E-state index in [0.29, 0.717) is 0 Å². The number of rotatable bonds is 2. The normalized spacial score (nSPS) is 15.4. The summed E-state index contributed by atoms with van der Waals surface area (Å²) < 4.78 is 0. The Bertz CT molecular complexity index is 269. The Morgan fingerprint density at radius 3 is 1.44 bits per heavy atom. The maximum absolute atomic E-state index is 3.97. The average molecular weight is 328 g/mol. The summed E-state index contributed by atoms with van der Waals surface area (Å²) in [5, 5.41) is 3.97. The van der Waals surface area contributed by atoms with Crippen LogP contribution in [0.1, 0.15) is 48.5 Å². The first-order valence-corrected chi connectivity index (χ1v) is 5.80. The van der Waals surface area contributed by atoms with Crippen molar-refractivity contribution in [3.05, 3.63) is 28.1 Å². The minimum atomic E-state index is 0. The van der Waals surface area contributed by atoms with Crippen LogP contribution < -0.4 is 0 Å². The Balaban J connectivity index is -0.000000109. The zero-order valence-electron chi connectivity index (χ0n) is 12.7. The van der Waals surface area contributed by atoms with Crippen molar-refractivity contribution in [3.63, 3.8) is 0 Å². The molecule has 1 aliphatic rings. The van der Waals surface area contributed by atoms with Crippen molar-refractivity contribution in [2.24, 2.45) is 5.41 Å². The molecular formula is C14H27Cl2NTi. The molecule has 1 nitrogen and oxygen atoms in total. The van der Waals surface area contributed by atoms with Crippen LogP contribution in [0.25, 0.3) is 5.32 Å². The third-order valence-electron chi connectivity index (χ3n) is 3.01. The fraction of sp³-hybridized carbons (Fsp3) is 0.714. The Hall–Kier alpha value is 0.734. The molecule has 0 amide bonds. The summed E-state index contributed by atoms with van der Waals surface area (Å²) in [6, 6.07) is 0. The molecule has 0 atom stereocenters. The van der Waals surface area contributed by atoms with Crippen molar-refractivity contribution >= 4 is 24.8 Å². The standard InChI is InChI=1S/C10H15.C4H10N.2ClH.Ti/c1-7-6-10(4,5)9(3)8(7)2;1-3-5-4-2;;;/h1-5H3;3-4H2,1-2H3;2*1H;/q2*-1;;;+2. The smallest absolute Gasteiger partial charge is 0.663 e. The Morgan fingerprint density at radius 1 is 1.00 bits per heavy atom. The van der Waals surface area contributed by atoms with Gasteiger partial charge in [0.25, 0.3) is 0 Å². The minimum Gasteiger partial charge on any atom is -0.663 e. The van der Waals surface area contributed by atoms with Crippen molar-refractivity contribution in [2.45, 2.75) is 48.5 Å². The van der Waals surface area contributed by atoms with Gasteiger partial charge < -0.3 is 5.32 Å². The van der Waals surface area contributed by atoms with Gasteiger partial charge in [0.15, 0.2) is 0 Å². The molecular weight excluding hydrogens is 301 g/mol. The van der Waals surface area contributed by atoms with Gasteiger partial charge in [-0.2, -0.15) is 24.2 Å². The van der Waals surface area contributed by atoms with E-state index in [1.807, 2.05) is 13.8 Å². The number of halogens is 2. The van der Waals surface area contributed by atoms with Gasteiger partial charge in [0.1, 0.15) is 0 Å². The Labute approximate surface area is 141 Å². The molecule has 0 spiro atoms. The molecule has 0 radical (unpaired) electrons. The zero-order chi connectivity index (χ0) is 12.1. The molecule has 0 aromatic rings.